The molecule has 0 saturated heterocycles. The van der Waals surface area contributed by atoms with Crippen LogP contribution < -0.4 is 11.2 Å². The van der Waals surface area contributed by atoms with Crippen molar-refractivity contribution in [3.63, 3.8) is 0 Å². The van der Waals surface area contributed by atoms with Gasteiger partial charge in [-0.3, -0.25) is 20.1 Å². The van der Waals surface area contributed by atoms with Gasteiger partial charge in [0.1, 0.15) is 11.2 Å². The van der Waals surface area contributed by atoms with Crippen molar-refractivity contribution < 1.29 is 0 Å². The third-order valence-corrected chi connectivity index (χ3v) is 6.81. The Kier molecular flexibility index (Phi) is 6.40. The van der Waals surface area contributed by atoms with E-state index < -0.39 is 0 Å². The van der Waals surface area contributed by atoms with Crippen LogP contribution in [0.25, 0.3) is 44.5 Å². The minimum Gasteiger partial charge on any atom is -0.326 e. The molecule has 0 spiro atoms. The van der Waals surface area contributed by atoms with Crippen LogP contribution in [0, 0.1) is 5.41 Å². The molecule has 39 heavy (non-hydrogen) atoms. The number of nitrogens with two attached hydrogens (primary N) is 1. The first kappa shape index (κ1) is 24.2. The Morgan fingerprint density at radius 3 is 2.23 bits per heavy atom. The average Bonchev–Trinajstić information content (AvgIpc) is 3.49. The van der Waals surface area contributed by atoms with Crippen LogP contribution in [0.4, 0.5) is 0 Å². The predicted octanol–water partition coefficient (Wildman–Crippen LogP) is 5.62. The van der Waals surface area contributed by atoms with Crippen LogP contribution in [0.15, 0.2) is 114 Å². The van der Waals surface area contributed by atoms with Gasteiger partial charge in [0.15, 0.2) is 5.84 Å². The first-order chi connectivity index (χ1) is 19.2. The summed E-state index contributed by atoms with van der Waals surface area (Å²) in [5.41, 5.74) is 14.3. The number of hydrogen-bond acceptors (Lipinski definition) is 5. The second-order valence-electron chi connectivity index (χ2n) is 9.20. The Labute approximate surface area is 225 Å². The molecule has 0 saturated carbocycles. The predicted molar refractivity (Wildman–Crippen MR) is 156 cm³/mol. The smallest absolute Gasteiger partial charge is 0.158 e. The number of hydrogen-bond donors (Lipinski definition) is 3. The fraction of sp³-hybridized carbons (Fsp3) is 0.0625. The first-order valence-corrected chi connectivity index (χ1v) is 12.7. The fourth-order valence-electron chi connectivity index (χ4n) is 4.78. The molecular weight excluding hydrogens is 482 g/mol. The normalized spacial score (nSPS) is 11.7. The minimum absolute atomic E-state index is 0.290. The molecule has 7 heteroatoms. The highest BCUT2D eigenvalue weighted by Gasteiger charge is 2.16. The molecule has 0 unspecified atom stereocenters. The van der Waals surface area contributed by atoms with E-state index in [1.165, 1.54) is 0 Å². The van der Waals surface area contributed by atoms with Gasteiger partial charge in [0.05, 0.1) is 16.9 Å². The number of aromatic nitrogens is 4. The zero-order valence-corrected chi connectivity index (χ0v) is 21.5. The van der Waals surface area contributed by atoms with Crippen LogP contribution in [-0.2, 0) is 6.54 Å². The summed E-state index contributed by atoms with van der Waals surface area (Å²) in [6.07, 6.45) is 1.84. The molecule has 7 nitrogen and oxygen atoms in total. The van der Waals surface area contributed by atoms with Crippen molar-refractivity contribution in [2.45, 2.75) is 6.54 Å². The van der Waals surface area contributed by atoms with Crippen LogP contribution in [0.1, 0.15) is 11.3 Å². The van der Waals surface area contributed by atoms with Crippen LogP contribution in [0.3, 0.4) is 0 Å². The molecule has 0 radical (unpaired) electrons. The summed E-state index contributed by atoms with van der Waals surface area (Å²) >= 11 is 0. The zero-order chi connectivity index (χ0) is 26.8. The van der Waals surface area contributed by atoms with E-state index in [9.17, 15) is 5.41 Å². The van der Waals surface area contributed by atoms with Gasteiger partial charge >= 0.3 is 0 Å². The van der Waals surface area contributed by atoms with E-state index in [2.05, 4.69) is 45.5 Å². The van der Waals surface area contributed by atoms with Gasteiger partial charge in [-0.15, -0.1) is 0 Å². The van der Waals surface area contributed by atoms with Crippen molar-refractivity contribution in [1.29, 1.82) is 5.41 Å². The van der Waals surface area contributed by atoms with Crippen molar-refractivity contribution >= 4 is 16.7 Å². The lowest BCUT2D eigenvalue weighted by Crippen LogP contribution is -2.28. The molecule has 6 aromatic rings. The van der Waals surface area contributed by atoms with E-state index in [0.717, 1.165) is 55.8 Å². The number of fused-ring (bicyclic) bond motifs is 1. The maximum Gasteiger partial charge on any atom is 0.158 e. The largest absolute Gasteiger partial charge is 0.326 e. The molecule has 3 heterocycles. The highest BCUT2D eigenvalue weighted by molar-refractivity contribution is 6.01. The lowest BCUT2D eigenvalue weighted by Gasteiger charge is -2.14. The molecule has 0 aliphatic rings. The molecule has 3 aromatic heterocycles. The number of nitrogens with zero attached hydrogens (tertiary/aromatic N) is 4. The van der Waals surface area contributed by atoms with E-state index >= 15 is 0 Å². The number of pyridine rings is 2. The van der Waals surface area contributed by atoms with Crippen LogP contribution in [0.5, 0.6) is 0 Å². The number of aromatic amines is 1. The van der Waals surface area contributed by atoms with Crippen molar-refractivity contribution in [2.75, 3.05) is 7.05 Å². The monoisotopic (exact) mass is 509 g/mol. The van der Waals surface area contributed by atoms with Crippen LogP contribution in [-0.4, -0.2) is 32.6 Å². The average molecular weight is 510 g/mol. The SMILES string of the molecule is C/N=C(/c1cc(-c2ccccc2)n[nH]1)n1ccc2nc(-c3ccc(CN)cc3)c(-c3ccccc3)cc2c1=N. The molecule has 0 aliphatic carbocycles. The van der Waals surface area contributed by atoms with Crippen molar-refractivity contribution in [2.24, 2.45) is 10.7 Å². The summed E-state index contributed by atoms with van der Waals surface area (Å²) in [6, 6.07) is 34.2. The number of rotatable bonds is 5. The third-order valence-electron chi connectivity index (χ3n) is 6.81. The van der Waals surface area contributed by atoms with E-state index in [-0.39, 0.29) is 0 Å². The summed E-state index contributed by atoms with van der Waals surface area (Å²) in [5, 5.41) is 17.5. The summed E-state index contributed by atoms with van der Waals surface area (Å²) < 4.78 is 1.76. The van der Waals surface area contributed by atoms with E-state index in [1.54, 1.807) is 11.6 Å². The van der Waals surface area contributed by atoms with Gasteiger partial charge in [0.2, 0.25) is 0 Å². The molecule has 6 rings (SSSR count). The number of H-pyrrole nitrogens is 1. The van der Waals surface area contributed by atoms with Gasteiger partial charge in [-0.25, -0.2) is 4.98 Å². The molecule has 4 N–H and O–H groups in total. The Balaban J connectivity index is 1.50. The Morgan fingerprint density at radius 1 is 0.872 bits per heavy atom. The lowest BCUT2D eigenvalue weighted by atomic mass is 9.97. The number of benzene rings is 3. The van der Waals surface area contributed by atoms with Gasteiger partial charge < -0.3 is 5.73 Å². The van der Waals surface area contributed by atoms with Crippen molar-refractivity contribution in [3.05, 3.63) is 126 Å². The van der Waals surface area contributed by atoms with Gasteiger partial charge in [-0.2, -0.15) is 5.10 Å². The Hall–Kier alpha value is -5.14. The molecule has 3 aromatic carbocycles. The molecule has 0 amide bonds. The van der Waals surface area contributed by atoms with E-state index in [4.69, 9.17) is 10.7 Å². The number of aliphatic imine (C=N–C) groups is 1. The molecular formula is C32H27N7. The molecule has 0 atom stereocenters. The molecule has 0 fully saturated rings. The maximum atomic E-state index is 9.17. The summed E-state index contributed by atoms with van der Waals surface area (Å²) in [5.74, 6) is 0.597. The Morgan fingerprint density at radius 2 is 1.56 bits per heavy atom. The minimum atomic E-state index is 0.290. The second-order valence-corrected chi connectivity index (χ2v) is 9.20. The Bertz CT molecular complexity index is 1850. The highest BCUT2D eigenvalue weighted by Crippen LogP contribution is 2.33. The lowest BCUT2D eigenvalue weighted by molar-refractivity contribution is 0.970. The molecule has 190 valence electrons. The summed E-state index contributed by atoms with van der Waals surface area (Å²) in [6.45, 7) is 0.490. The van der Waals surface area contributed by atoms with Gasteiger partial charge in [0, 0.05) is 41.9 Å². The first-order valence-electron chi connectivity index (χ1n) is 12.7. The fourth-order valence-corrected chi connectivity index (χ4v) is 4.78. The van der Waals surface area contributed by atoms with Gasteiger partial charge in [0.25, 0.3) is 0 Å². The molecule has 0 bridgehead atoms. The molecule has 0 aliphatic heterocycles. The summed E-state index contributed by atoms with van der Waals surface area (Å²) in [7, 11) is 1.72. The van der Waals surface area contributed by atoms with E-state index in [0.29, 0.717) is 17.9 Å². The van der Waals surface area contributed by atoms with Gasteiger partial charge in [-0.1, -0.05) is 84.9 Å². The second kappa shape index (κ2) is 10.3. The third kappa shape index (κ3) is 4.56. The van der Waals surface area contributed by atoms with Crippen LogP contribution >= 0.6 is 0 Å². The number of nitrogens with one attached hydrogen (secondary N) is 2. The standard InChI is InChI=1S/C32H27N7/c1-35-32(29-19-28(37-38-29)23-10-6-3-7-11-23)39-17-16-27-26(31(39)34)18-25(22-8-4-2-5-9-22)30(36-27)24-14-12-21(20-33)13-15-24/h2-19,34H,20,33H2,1H3,(H,37,38)/b34-31?,35-32-. The van der Waals surface area contributed by atoms with Crippen molar-refractivity contribution in [1.82, 2.24) is 19.7 Å². The maximum absolute atomic E-state index is 9.17. The van der Waals surface area contributed by atoms with Crippen molar-refractivity contribution in [3.8, 4) is 33.6 Å². The highest BCUT2D eigenvalue weighted by atomic mass is 15.2. The topological polar surface area (TPSA) is 109 Å². The van der Waals surface area contributed by atoms with Crippen LogP contribution in [0.2, 0.25) is 0 Å². The summed E-state index contributed by atoms with van der Waals surface area (Å²) in [4.78, 5) is 9.58. The van der Waals surface area contributed by atoms with E-state index in [1.807, 2.05) is 79.0 Å². The zero-order valence-electron chi connectivity index (χ0n) is 21.5. The van der Waals surface area contributed by atoms with Gasteiger partial charge in [-0.05, 0) is 29.3 Å². The quantitative estimate of drug-likeness (QED) is 0.207.